The first-order chi connectivity index (χ1) is 13.7. The van der Waals surface area contributed by atoms with Gasteiger partial charge in [-0.05, 0) is 31.9 Å². The standard InChI is InChI=1S/C22H29ClN4O2/c1-5-26(21(29)15-9-8-10-15)14-20(28)24-19-13-18(22(2,3)4)25-27(19)17-12-7-6-11-16(17)23/h6-7,11-13,15H,5,8-10,14H2,1-4H3,(H,24,28). The molecule has 0 saturated heterocycles. The second-order valence-electron chi connectivity index (χ2n) is 8.56. The first kappa shape index (κ1) is 21.4. The predicted octanol–water partition coefficient (Wildman–Crippen LogP) is 4.41. The minimum absolute atomic E-state index is 0.0321. The molecular weight excluding hydrogens is 388 g/mol. The molecule has 1 fully saturated rings. The number of amides is 2. The zero-order chi connectivity index (χ0) is 21.2. The summed E-state index contributed by atoms with van der Waals surface area (Å²) in [4.78, 5) is 26.9. The lowest BCUT2D eigenvalue weighted by molar-refractivity contribution is -0.140. The van der Waals surface area contributed by atoms with Crippen molar-refractivity contribution < 1.29 is 9.59 Å². The van der Waals surface area contributed by atoms with Crippen LogP contribution in [0.1, 0.15) is 52.7 Å². The normalized spacial score (nSPS) is 14.4. The number of benzene rings is 1. The summed E-state index contributed by atoms with van der Waals surface area (Å²) in [6, 6.07) is 9.24. The van der Waals surface area contributed by atoms with Crippen LogP contribution >= 0.6 is 11.6 Å². The first-order valence-corrected chi connectivity index (χ1v) is 10.5. The SMILES string of the molecule is CCN(CC(=O)Nc1cc(C(C)(C)C)nn1-c1ccccc1Cl)C(=O)C1CCC1. The van der Waals surface area contributed by atoms with Gasteiger partial charge in [-0.25, -0.2) is 4.68 Å². The molecule has 156 valence electrons. The molecule has 1 saturated carbocycles. The molecule has 1 aromatic heterocycles. The zero-order valence-electron chi connectivity index (χ0n) is 17.5. The summed E-state index contributed by atoms with van der Waals surface area (Å²) in [5, 5.41) is 8.16. The quantitative estimate of drug-likeness (QED) is 0.758. The summed E-state index contributed by atoms with van der Waals surface area (Å²) >= 11 is 6.37. The van der Waals surface area contributed by atoms with Crippen molar-refractivity contribution in [3.63, 3.8) is 0 Å². The number of carbonyl (C=O) groups is 2. The van der Waals surface area contributed by atoms with E-state index >= 15 is 0 Å². The largest absolute Gasteiger partial charge is 0.333 e. The Labute approximate surface area is 177 Å². The van der Waals surface area contributed by atoms with Crippen LogP contribution in [0.3, 0.4) is 0 Å². The van der Waals surface area contributed by atoms with E-state index in [0.29, 0.717) is 23.1 Å². The molecule has 3 rings (SSSR count). The lowest BCUT2D eigenvalue weighted by Crippen LogP contribution is -2.43. The smallest absolute Gasteiger partial charge is 0.245 e. The lowest BCUT2D eigenvalue weighted by atomic mass is 9.84. The highest BCUT2D eigenvalue weighted by molar-refractivity contribution is 6.32. The molecule has 0 unspecified atom stereocenters. The molecule has 1 aliphatic rings. The molecule has 7 heteroatoms. The van der Waals surface area contributed by atoms with Crippen LogP contribution in [0.4, 0.5) is 5.82 Å². The van der Waals surface area contributed by atoms with Crippen molar-refractivity contribution in [1.82, 2.24) is 14.7 Å². The Hall–Kier alpha value is -2.34. The highest BCUT2D eigenvalue weighted by Gasteiger charge is 2.30. The monoisotopic (exact) mass is 416 g/mol. The number of rotatable bonds is 6. The number of carbonyl (C=O) groups excluding carboxylic acids is 2. The Bertz CT molecular complexity index is 896. The van der Waals surface area contributed by atoms with Gasteiger partial charge in [0.1, 0.15) is 5.82 Å². The van der Waals surface area contributed by atoms with E-state index in [0.717, 1.165) is 25.0 Å². The molecule has 2 aromatic rings. The molecule has 0 radical (unpaired) electrons. The Kier molecular flexibility index (Phi) is 6.32. The van der Waals surface area contributed by atoms with Crippen molar-refractivity contribution in [1.29, 1.82) is 0 Å². The fourth-order valence-corrected chi connectivity index (χ4v) is 3.47. The topological polar surface area (TPSA) is 67.2 Å². The number of likely N-dealkylation sites (N-methyl/N-ethyl adjacent to an activating group) is 1. The number of hydrogen-bond donors (Lipinski definition) is 1. The predicted molar refractivity (Wildman–Crippen MR) is 115 cm³/mol. The first-order valence-electron chi connectivity index (χ1n) is 10.1. The van der Waals surface area contributed by atoms with Crippen molar-refractivity contribution in [3.05, 3.63) is 41.0 Å². The van der Waals surface area contributed by atoms with Gasteiger partial charge < -0.3 is 10.2 Å². The maximum Gasteiger partial charge on any atom is 0.245 e. The summed E-state index contributed by atoms with van der Waals surface area (Å²) in [6.45, 7) is 8.63. The van der Waals surface area contributed by atoms with Gasteiger partial charge in [0.05, 0.1) is 22.9 Å². The van der Waals surface area contributed by atoms with Gasteiger partial charge in [-0.1, -0.05) is 50.9 Å². The molecule has 0 spiro atoms. The molecule has 1 heterocycles. The van der Waals surface area contributed by atoms with E-state index in [1.54, 1.807) is 15.6 Å². The Morgan fingerprint density at radius 2 is 1.97 bits per heavy atom. The van der Waals surface area contributed by atoms with E-state index < -0.39 is 0 Å². The van der Waals surface area contributed by atoms with E-state index in [-0.39, 0.29) is 29.7 Å². The van der Waals surface area contributed by atoms with E-state index in [4.69, 9.17) is 11.6 Å². The molecule has 29 heavy (non-hydrogen) atoms. The molecule has 0 bridgehead atoms. The van der Waals surface area contributed by atoms with Crippen LogP contribution in [0.15, 0.2) is 30.3 Å². The van der Waals surface area contributed by atoms with Crippen molar-refractivity contribution in [2.24, 2.45) is 5.92 Å². The molecule has 6 nitrogen and oxygen atoms in total. The third-order valence-electron chi connectivity index (χ3n) is 5.31. The van der Waals surface area contributed by atoms with Gasteiger partial charge in [-0.2, -0.15) is 5.10 Å². The summed E-state index contributed by atoms with van der Waals surface area (Å²) in [7, 11) is 0. The second kappa shape index (κ2) is 8.57. The van der Waals surface area contributed by atoms with Gasteiger partial charge in [0.2, 0.25) is 11.8 Å². The molecule has 0 aliphatic heterocycles. The van der Waals surface area contributed by atoms with Crippen LogP contribution in [0.2, 0.25) is 5.02 Å². The number of anilines is 1. The average molecular weight is 417 g/mol. The van der Waals surface area contributed by atoms with Crippen molar-refractivity contribution in [2.75, 3.05) is 18.4 Å². The fourth-order valence-electron chi connectivity index (χ4n) is 3.26. The van der Waals surface area contributed by atoms with Gasteiger partial charge in [0.25, 0.3) is 0 Å². The number of para-hydroxylation sites is 1. The number of halogens is 1. The maximum absolute atomic E-state index is 12.8. The van der Waals surface area contributed by atoms with E-state index in [9.17, 15) is 9.59 Å². The van der Waals surface area contributed by atoms with Gasteiger partial charge in [0.15, 0.2) is 0 Å². The van der Waals surface area contributed by atoms with Gasteiger partial charge in [-0.3, -0.25) is 9.59 Å². The number of nitrogens with one attached hydrogen (secondary N) is 1. The van der Waals surface area contributed by atoms with Crippen molar-refractivity contribution >= 4 is 29.2 Å². The molecule has 0 atom stereocenters. The van der Waals surface area contributed by atoms with E-state index in [2.05, 4.69) is 31.2 Å². The third kappa shape index (κ3) is 4.81. The summed E-state index contributed by atoms with van der Waals surface area (Å²) in [5.41, 5.74) is 1.34. The molecule has 1 N–H and O–H groups in total. The van der Waals surface area contributed by atoms with E-state index in [1.165, 1.54) is 0 Å². The highest BCUT2D eigenvalue weighted by atomic mass is 35.5. The lowest BCUT2D eigenvalue weighted by Gasteiger charge is -2.30. The Morgan fingerprint density at radius 3 is 2.52 bits per heavy atom. The highest BCUT2D eigenvalue weighted by Crippen LogP contribution is 2.30. The molecule has 2 amide bonds. The molecule has 1 aliphatic carbocycles. The van der Waals surface area contributed by atoms with Crippen molar-refractivity contribution in [3.8, 4) is 5.69 Å². The zero-order valence-corrected chi connectivity index (χ0v) is 18.3. The minimum atomic E-state index is -0.242. The van der Waals surface area contributed by atoms with Gasteiger partial charge in [0, 0.05) is 23.9 Å². The summed E-state index contributed by atoms with van der Waals surface area (Å²) in [6.07, 6.45) is 2.93. The average Bonchev–Trinajstić information content (AvgIpc) is 3.02. The van der Waals surface area contributed by atoms with Gasteiger partial charge >= 0.3 is 0 Å². The fraction of sp³-hybridized carbons (Fsp3) is 0.500. The Balaban J connectivity index is 1.83. The van der Waals surface area contributed by atoms with Gasteiger partial charge in [-0.15, -0.1) is 0 Å². The van der Waals surface area contributed by atoms with Crippen LogP contribution in [0, 0.1) is 5.92 Å². The molecular formula is C22H29ClN4O2. The second-order valence-corrected chi connectivity index (χ2v) is 8.96. The van der Waals surface area contributed by atoms with Crippen LogP contribution in [-0.2, 0) is 15.0 Å². The van der Waals surface area contributed by atoms with Crippen molar-refractivity contribution in [2.45, 2.75) is 52.4 Å². The third-order valence-corrected chi connectivity index (χ3v) is 5.63. The number of nitrogens with zero attached hydrogens (tertiary/aromatic N) is 3. The Morgan fingerprint density at radius 1 is 1.28 bits per heavy atom. The van der Waals surface area contributed by atoms with Crippen LogP contribution < -0.4 is 5.32 Å². The van der Waals surface area contributed by atoms with Crippen LogP contribution in [-0.4, -0.2) is 39.6 Å². The van der Waals surface area contributed by atoms with Crippen LogP contribution in [0.25, 0.3) is 5.69 Å². The van der Waals surface area contributed by atoms with Crippen LogP contribution in [0.5, 0.6) is 0 Å². The minimum Gasteiger partial charge on any atom is -0.333 e. The van der Waals surface area contributed by atoms with E-state index in [1.807, 2.05) is 31.2 Å². The molecule has 1 aromatic carbocycles. The summed E-state index contributed by atoms with van der Waals surface area (Å²) < 4.78 is 1.66. The number of hydrogen-bond acceptors (Lipinski definition) is 3. The summed E-state index contributed by atoms with van der Waals surface area (Å²) in [5.74, 6) is 0.446. The maximum atomic E-state index is 12.8. The number of aromatic nitrogens is 2.